The van der Waals surface area contributed by atoms with Crippen molar-refractivity contribution in [2.24, 2.45) is 5.16 Å². The van der Waals surface area contributed by atoms with Gasteiger partial charge in [0.2, 0.25) is 0 Å². The molecule has 0 aromatic heterocycles. The second-order valence-electron chi connectivity index (χ2n) is 3.42. The molecule has 1 aliphatic heterocycles. The monoisotopic (exact) mass is 171 g/mol. The van der Waals surface area contributed by atoms with Gasteiger partial charge in [0.25, 0.3) is 0 Å². The van der Waals surface area contributed by atoms with Crippen LogP contribution in [0.5, 0.6) is 0 Å². The van der Waals surface area contributed by atoms with Gasteiger partial charge in [-0.05, 0) is 20.8 Å². The van der Waals surface area contributed by atoms with Crippen molar-refractivity contribution >= 4 is 11.7 Å². The Morgan fingerprint density at radius 1 is 1.67 bits per heavy atom. The molecule has 1 heterocycles. The number of oxime groups is 1. The summed E-state index contributed by atoms with van der Waals surface area (Å²) in [6, 6.07) is 0. The van der Waals surface area contributed by atoms with Crippen LogP contribution >= 0.6 is 0 Å². The van der Waals surface area contributed by atoms with E-state index in [2.05, 4.69) is 5.16 Å². The molecule has 1 rings (SSSR count). The minimum atomic E-state index is -0.532. The average Bonchev–Trinajstić information content (AvgIpc) is 2.15. The van der Waals surface area contributed by atoms with Crippen LogP contribution in [0.25, 0.3) is 0 Å². The van der Waals surface area contributed by atoms with Crippen LogP contribution in [0.3, 0.4) is 0 Å². The second-order valence-corrected chi connectivity index (χ2v) is 3.42. The molecule has 0 aliphatic carbocycles. The number of hydrogen-bond acceptors (Lipinski definition) is 4. The number of esters is 1. The van der Waals surface area contributed by atoms with Gasteiger partial charge < -0.3 is 9.57 Å². The van der Waals surface area contributed by atoms with Crippen LogP contribution in [0.15, 0.2) is 5.16 Å². The molecule has 1 unspecified atom stereocenters. The van der Waals surface area contributed by atoms with Crippen LogP contribution in [0.2, 0.25) is 0 Å². The Kier molecular flexibility index (Phi) is 2.08. The van der Waals surface area contributed by atoms with Gasteiger partial charge in [0, 0.05) is 6.92 Å². The Balaban J connectivity index is 2.72. The van der Waals surface area contributed by atoms with Crippen molar-refractivity contribution in [3.8, 4) is 0 Å². The van der Waals surface area contributed by atoms with E-state index in [1.165, 1.54) is 6.92 Å². The van der Waals surface area contributed by atoms with E-state index in [0.29, 0.717) is 5.71 Å². The third-order valence-electron chi connectivity index (χ3n) is 1.72. The van der Waals surface area contributed by atoms with E-state index < -0.39 is 5.60 Å². The van der Waals surface area contributed by atoms with Gasteiger partial charge in [0.15, 0.2) is 11.7 Å². The summed E-state index contributed by atoms with van der Waals surface area (Å²) in [6.07, 6.45) is -0.352. The van der Waals surface area contributed by atoms with E-state index >= 15 is 0 Å². The van der Waals surface area contributed by atoms with Crippen molar-refractivity contribution in [3.05, 3.63) is 0 Å². The van der Waals surface area contributed by atoms with Crippen LogP contribution in [-0.2, 0) is 14.4 Å². The molecule has 1 aliphatic rings. The first-order valence-electron chi connectivity index (χ1n) is 3.83. The maximum Gasteiger partial charge on any atom is 0.303 e. The number of ether oxygens (including phenoxy) is 1. The predicted molar refractivity (Wildman–Crippen MR) is 43.8 cm³/mol. The van der Waals surface area contributed by atoms with Crippen molar-refractivity contribution in [2.45, 2.75) is 39.4 Å². The van der Waals surface area contributed by atoms with Crippen molar-refractivity contribution in [3.63, 3.8) is 0 Å². The summed E-state index contributed by atoms with van der Waals surface area (Å²) < 4.78 is 5.04. The Hall–Kier alpha value is -1.06. The molecular formula is C8H13NO3. The van der Waals surface area contributed by atoms with Crippen LogP contribution in [0, 0.1) is 0 Å². The van der Waals surface area contributed by atoms with Crippen molar-refractivity contribution in [1.29, 1.82) is 0 Å². The molecule has 0 aromatic rings. The topological polar surface area (TPSA) is 47.9 Å². The van der Waals surface area contributed by atoms with Gasteiger partial charge in [-0.25, -0.2) is 0 Å². The van der Waals surface area contributed by atoms with Crippen LogP contribution in [-0.4, -0.2) is 23.4 Å². The lowest BCUT2D eigenvalue weighted by Gasteiger charge is -2.23. The van der Waals surface area contributed by atoms with E-state index in [9.17, 15) is 4.79 Å². The second kappa shape index (κ2) is 2.77. The van der Waals surface area contributed by atoms with Gasteiger partial charge in [0.1, 0.15) is 0 Å². The standard InChI is InChI=1S/C8H13NO3/c1-5-7(11-6(2)10)8(3,4)12-9-5/h7H,1-4H3. The lowest BCUT2D eigenvalue weighted by molar-refractivity contribution is -0.152. The first kappa shape index (κ1) is 9.03. The van der Waals surface area contributed by atoms with Gasteiger partial charge in [-0.2, -0.15) is 0 Å². The van der Waals surface area contributed by atoms with Gasteiger partial charge >= 0.3 is 5.97 Å². The molecule has 68 valence electrons. The number of carbonyl (C=O) groups excluding carboxylic acids is 1. The highest BCUT2D eigenvalue weighted by Crippen LogP contribution is 2.25. The molecule has 1 atom stereocenters. The summed E-state index contributed by atoms with van der Waals surface area (Å²) in [5.74, 6) is -0.312. The molecular weight excluding hydrogens is 158 g/mol. The molecule has 0 N–H and O–H groups in total. The zero-order valence-corrected chi connectivity index (χ0v) is 7.75. The smallest absolute Gasteiger partial charge is 0.303 e. The molecule has 0 spiro atoms. The maximum absolute atomic E-state index is 10.7. The fourth-order valence-corrected chi connectivity index (χ4v) is 1.18. The number of nitrogens with zero attached hydrogens (tertiary/aromatic N) is 1. The SMILES string of the molecule is CC(=O)OC1C(C)=NOC1(C)C. The number of hydrogen-bond donors (Lipinski definition) is 0. The minimum Gasteiger partial charge on any atom is -0.452 e. The minimum absolute atomic E-state index is 0.312. The largest absolute Gasteiger partial charge is 0.452 e. The van der Waals surface area contributed by atoms with Crippen molar-refractivity contribution < 1.29 is 14.4 Å². The first-order valence-corrected chi connectivity index (χ1v) is 3.83. The molecule has 0 saturated carbocycles. The summed E-state index contributed by atoms with van der Waals surface area (Å²) in [4.78, 5) is 15.8. The van der Waals surface area contributed by atoms with E-state index in [0.717, 1.165) is 0 Å². The average molecular weight is 171 g/mol. The third-order valence-corrected chi connectivity index (χ3v) is 1.72. The first-order chi connectivity index (χ1) is 5.43. The third kappa shape index (κ3) is 1.57. The predicted octanol–water partition coefficient (Wildman–Crippen LogP) is 1.10. The van der Waals surface area contributed by atoms with E-state index in [1.807, 2.05) is 13.8 Å². The highest BCUT2D eigenvalue weighted by Gasteiger charge is 2.41. The fraction of sp³-hybridized carbons (Fsp3) is 0.750. The van der Waals surface area contributed by atoms with Crippen molar-refractivity contribution in [2.75, 3.05) is 0 Å². The van der Waals surface area contributed by atoms with Gasteiger partial charge in [-0.15, -0.1) is 0 Å². The Morgan fingerprint density at radius 2 is 2.25 bits per heavy atom. The quantitative estimate of drug-likeness (QED) is 0.555. The summed E-state index contributed by atoms with van der Waals surface area (Å²) in [6.45, 7) is 6.82. The maximum atomic E-state index is 10.7. The van der Waals surface area contributed by atoms with E-state index in [4.69, 9.17) is 9.57 Å². The molecule has 0 fully saturated rings. The van der Waals surface area contributed by atoms with E-state index in [-0.39, 0.29) is 12.1 Å². The zero-order chi connectivity index (χ0) is 9.35. The highest BCUT2D eigenvalue weighted by molar-refractivity contribution is 5.90. The van der Waals surface area contributed by atoms with Crippen LogP contribution in [0.1, 0.15) is 27.7 Å². The Bertz CT molecular complexity index is 232. The molecule has 0 amide bonds. The number of carbonyl (C=O) groups is 1. The normalized spacial score (nSPS) is 26.0. The molecule has 4 nitrogen and oxygen atoms in total. The van der Waals surface area contributed by atoms with Gasteiger partial charge in [-0.1, -0.05) is 5.16 Å². The molecule has 12 heavy (non-hydrogen) atoms. The zero-order valence-electron chi connectivity index (χ0n) is 7.75. The number of rotatable bonds is 1. The lowest BCUT2D eigenvalue weighted by Crippen LogP contribution is -2.40. The molecule has 0 aromatic carbocycles. The molecule has 0 radical (unpaired) electrons. The Morgan fingerprint density at radius 3 is 2.58 bits per heavy atom. The van der Waals surface area contributed by atoms with E-state index in [1.54, 1.807) is 6.92 Å². The molecule has 0 saturated heterocycles. The highest BCUT2D eigenvalue weighted by atomic mass is 16.7. The molecule has 4 heteroatoms. The lowest BCUT2D eigenvalue weighted by atomic mass is 9.99. The van der Waals surface area contributed by atoms with Gasteiger partial charge in [-0.3, -0.25) is 4.79 Å². The fourth-order valence-electron chi connectivity index (χ4n) is 1.18. The molecule has 0 bridgehead atoms. The summed E-state index contributed by atoms with van der Waals surface area (Å²) in [5.41, 5.74) is 0.172. The van der Waals surface area contributed by atoms with Crippen LogP contribution < -0.4 is 0 Å². The summed E-state index contributed by atoms with van der Waals surface area (Å²) in [5, 5.41) is 3.76. The van der Waals surface area contributed by atoms with Gasteiger partial charge in [0.05, 0.1) is 5.71 Å². The summed E-state index contributed by atoms with van der Waals surface area (Å²) >= 11 is 0. The Labute approximate surface area is 71.5 Å². The van der Waals surface area contributed by atoms with Crippen molar-refractivity contribution in [1.82, 2.24) is 0 Å². The van der Waals surface area contributed by atoms with Crippen LogP contribution in [0.4, 0.5) is 0 Å². The summed E-state index contributed by atoms with van der Waals surface area (Å²) in [7, 11) is 0.